The van der Waals surface area contributed by atoms with Crippen LogP contribution in [-0.2, 0) is 0 Å². The van der Waals surface area contributed by atoms with Crippen LogP contribution in [0.5, 0.6) is 0 Å². The summed E-state index contributed by atoms with van der Waals surface area (Å²) in [5.41, 5.74) is 0.00107. The first-order valence-corrected chi connectivity index (χ1v) is 8.23. The molecule has 2 rings (SSSR count). The molecular formula is C16H32N2O. The van der Waals surface area contributed by atoms with Gasteiger partial charge in [-0.25, -0.2) is 0 Å². The summed E-state index contributed by atoms with van der Waals surface area (Å²) >= 11 is 0. The second-order valence-electron chi connectivity index (χ2n) is 6.86. The van der Waals surface area contributed by atoms with Crippen molar-refractivity contribution >= 4 is 0 Å². The fourth-order valence-electron chi connectivity index (χ4n) is 4.01. The maximum Gasteiger partial charge on any atom is 0.0613 e. The average molecular weight is 268 g/mol. The Hall–Kier alpha value is -0.120. The molecule has 2 fully saturated rings. The maximum atomic E-state index is 9.80. The van der Waals surface area contributed by atoms with Crippen LogP contribution in [0.3, 0.4) is 0 Å². The van der Waals surface area contributed by atoms with Gasteiger partial charge in [0.05, 0.1) is 6.61 Å². The number of rotatable bonds is 5. The predicted molar refractivity (Wildman–Crippen MR) is 80.3 cm³/mol. The molecule has 0 amide bonds. The Morgan fingerprint density at radius 2 is 2.11 bits per heavy atom. The molecule has 0 bridgehead atoms. The molecule has 1 saturated carbocycles. The molecule has 2 N–H and O–H groups in total. The minimum absolute atomic E-state index is 0.00107. The standard InChI is InChI=1S/C16H32N2O/c1-4-9-17-16(12-19)8-7-15(11-16)18-10-5-6-13(2)14(18)3/h13-15,17,19H,4-12H2,1-3H3. The number of hydrogen-bond acceptors (Lipinski definition) is 3. The highest BCUT2D eigenvalue weighted by atomic mass is 16.3. The molecule has 4 atom stereocenters. The van der Waals surface area contributed by atoms with Crippen molar-refractivity contribution < 1.29 is 5.11 Å². The van der Waals surface area contributed by atoms with Gasteiger partial charge in [0.2, 0.25) is 0 Å². The summed E-state index contributed by atoms with van der Waals surface area (Å²) in [5, 5.41) is 13.4. The number of likely N-dealkylation sites (tertiary alicyclic amines) is 1. The first-order valence-electron chi connectivity index (χ1n) is 8.23. The molecule has 0 spiro atoms. The molecule has 0 aromatic carbocycles. The summed E-state index contributed by atoms with van der Waals surface area (Å²) in [5.74, 6) is 0.821. The van der Waals surface area contributed by atoms with Gasteiger partial charge in [0.15, 0.2) is 0 Å². The minimum Gasteiger partial charge on any atom is -0.394 e. The van der Waals surface area contributed by atoms with Crippen LogP contribution in [-0.4, -0.2) is 47.3 Å². The van der Waals surface area contributed by atoms with Crippen LogP contribution in [0.2, 0.25) is 0 Å². The van der Waals surface area contributed by atoms with Crippen molar-refractivity contribution in [3.05, 3.63) is 0 Å². The summed E-state index contributed by atoms with van der Waals surface area (Å²) in [6, 6.07) is 1.38. The molecule has 4 unspecified atom stereocenters. The molecule has 1 aliphatic carbocycles. The highest BCUT2D eigenvalue weighted by molar-refractivity contribution is 5.01. The van der Waals surface area contributed by atoms with Gasteiger partial charge >= 0.3 is 0 Å². The van der Waals surface area contributed by atoms with E-state index in [4.69, 9.17) is 0 Å². The van der Waals surface area contributed by atoms with E-state index >= 15 is 0 Å². The second kappa shape index (κ2) is 6.55. The molecule has 19 heavy (non-hydrogen) atoms. The molecule has 3 nitrogen and oxygen atoms in total. The zero-order valence-corrected chi connectivity index (χ0v) is 13.0. The molecule has 1 heterocycles. The third-order valence-corrected chi connectivity index (χ3v) is 5.53. The van der Waals surface area contributed by atoms with E-state index in [1.54, 1.807) is 0 Å². The van der Waals surface area contributed by atoms with Crippen molar-refractivity contribution in [2.24, 2.45) is 5.92 Å². The Balaban J connectivity index is 1.96. The van der Waals surface area contributed by atoms with E-state index in [0.29, 0.717) is 18.7 Å². The Kier molecular flexibility index (Phi) is 5.27. The summed E-state index contributed by atoms with van der Waals surface area (Å²) in [4.78, 5) is 2.72. The lowest BCUT2D eigenvalue weighted by molar-refractivity contribution is 0.0623. The molecule has 2 aliphatic rings. The number of nitrogens with zero attached hydrogens (tertiary/aromatic N) is 1. The topological polar surface area (TPSA) is 35.5 Å². The first kappa shape index (κ1) is 15.3. The zero-order valence-electron chi connectivity index (χ0n) is 13.0. The Bertz CT molecular complexity index is 284. The quantitative estimate of drug-likeness (QED) is 0.803. The predicted octanol–water partition coefficient (Wildman–Crippen LogP) is 2.39. The Morgan fingerprint density at radius 1 is 1.32 bits per heavy atom. The number of aliphatic hydroxyl groups excluding tert-OH is 1. The summed E-state index contributed by atoms with van der Waals surface area (Å²) in [7, 11) is 0. The number of aliphatic hydroxyl groups is 1. The van der Waals surface area contributed by atoms with E-state index in [0.717, 1.165) is 31.7 Å². The Morgan fingerprint density at radius 3 is 2.79 bits per heavy atom. The molecule has 0 radical (unpaired) electrons. The van der Waals surface area contributed by atoms with Crippen LogP contribution < -0.4 is 5.32 Å². The fraction of sp³-hybridized carbons (Fsp3) is 1.00. The maximum absolute atomic E-state index is 9.80. The van der Waals surface area contributed by atoms with Crippen LogP contribution >= 0.6 is 0 Å². The SMILES string of the molecule is CCCNC1(CO)CCC(N2CCCC(C)C2C)C1. The van der Waals surface area contributed by atoms with Gasteiger partial charge < -0.3 is 10.4 Å². The largest absolute Gasteiger partial charge is 0.394 e. The number of piperidine rings is 1. The van der Waals surface area contributed by atoms with Gasteiger partial charge in [0.1, 0.15) is 0 Å². The third-order valence-electron chi connectivity index (χ3n) is 5.53. The summed E-state index contributed by atoms with van der Waals surface area (Å²) < 4.78 is 0. The van der Waals surface area contributed by atoms with Crippen molar-refractivity contribution in [1.29, 1.82) is 0 Å². The van der Waals surface area contributed by atoms with Crippen molar-refractivity contribution in [3.63, 3.8) is 0 Å². The molecule has 1 aliphatic heterocycles. The normalized spacial score (nSPS) is 40.7. The molecule has 0 aromatic heterocycles. The van der Waals surface area contributed by atoms with Gasteiger partial charge in [-0.3, -0.25) is 4.90 Å². The van der Waals surface area contributed by atoms with E-state index in [1.807, 2.05) is 0 Å². The van der Waals surface area contributed by atoms with Gasteiger partial charge in [-0.05, 0) is 64.5 Å². The monoisotopic (exact) mass is 268 g/mol. The number of hydrogen-bond donors (Lipinski definition) is 2. The van der Waals surface area contributed by atoms with Crippen LogP contribution in [0.1, 0.15) is 59.3 Å². The highest BCUT2D eigenvalue weighted by Gasteiger charge is 2.42. The first-order chi connectivity index (χ1) is 9.12. The lowest BCUT2D eigenvalue weighted by Gasteiger charge is -2.42. The van der Waals surface area contributed by atoms with E-state index in [1.165, 1.54) is 25.8 Å². The van der Waals surface area contributed by atoms with E-state index < -0.39 is 0 Å². The summed E-state index contributed by atoms with van der Waals surface area (Å²) in [6.45, 7) is 9.55. The molecule has 1 saturated heterocycles. The van der Waals surface area contributed by atoms with Crippen LogP contribution in [0.15, 0.2) is 0 Å². The third kappa shape index (κ3) is 3.32. The van der Waals surface area contributed by atoms with Gasteiger partial charge in [-0.2, -0.15) is 0 Å². The fourth-order valence-corrected chi connectivity index (χ4v) is 4.01. The van der Waals surface area contributed by atoms with E-state index in [2.05, 4.69) is 31.0 Å². The van der Waals surface area contributed by atoms with Crippen molar-refractivity contribution in [2.45, 2.75) is 76.9 Å². The van der Waals surface area contributed by atoms with Crippen LogP contribution in [0, 0.1) is 5.92 Å². The molecule has 3 heteroatoms. The Labute approximate surface area is 118 Å². The molecular weight excluding hydrogens is 236 g/mol. The summed E-state index contributed by atoms with van der Waals surface area (Å²) in [6.07, 6.45) is 7.37. The average Bonchev–Trinajstić information content (AvgIpc) is 2.84. The van der Waals surface area contributed by atoms with Crippen LogP contribution in [0.25, 0.3) is 0 Å². The second-order valence-corrected chi connectivity index (χ2v) is 6.86. The van der Waals surface area contributed by atoms with Gasteiger partial charge in [0, 0.05) is 17.6 Å². The smallest absolute Gasteiger partial charge is 0.0613 e. The van der Waals surface area contributed by atoms with Crippen molar-refractivity contribution in [2.75, 3.05) is 19.7 Å². The van der Waals surface area contributed by atoms with E-state index in [9.17, 15) is 5.11 Å². The van der Waals surface area contributed by atoms with Gasteiger partial charge in [-0.1, -0.05) is 13.8 Å². The van der Waals surface area contributed by atoms with Crippen LogP contribution in [0.4, 0.5) is 0 Å². The lowest BCUT2D eigenvalue weighted by atomic mass is 9.90. The highest BCUT2D eigenvalue weighted by Crippen LogP contribution is 2.36. The molecule has 112 valence electrons. The lowest BCUT2D eigenvalue weighted by Crippen LogP contribution is -2.51. The minimum atomic E-state index is 0.00107. The van der Waals surface area contributed by atoms with E-state index in [-0.39, 0.29) is 5.54 Å². The van der Waals surface area contributed by atoms with Crippen molar-refractivity contribution in [1.82, 2.24) is 10.2 Å². The zero-order chi connectivity index (χ0) is 13.9. The van der Waals surface area contributed by atoms with Crippen molar-refractivity contribution in [3.8, 4) is 0 Å². The van der Waals surface area contributed by atoms with Gasteiger partial charge in [-0.15, -0.1) is 0 Å². The number of nitrogens with one attached hydrogen (secondary N) is 1. The molecule has 0 aromatic rings. The van der Waals surface area contributed by atoms with Gasteiger partial charge in [0.25, 0.3) is 0 Å².